The first-order chi connectivity index (χ1) is 13.1. The van der Waals surface area contributed by atoms with Gasteiger partial charge in [-0.05, 0) is 43.3 Å². The molecule has 136 valence electrons. The normalized spacial score (nSPS) is 10.9. The lowest BCUT2D eigenvalue weighted by atomic mass is 10.3. The predicted octanol–water partition coefficient (Wildman–Crippen LogP) is 3.60. The molecule has 0 spiro atoms. The number of aromatic nitrogens is 4. The van der Waals surface area contributed by atoms with Gasteiger partial charge in [0.05, 0.1) is 18.1 Å². The van der Waals surface area contributed by atoms with E-state index in [0.29, 0.717) is 5.82 Å². The number of hydrogen-bond donors (Lipinski definition) is 2. The predicted molar refractivity (Wildman–Crippen MR) is 102 cm³/mol. The fourth-order valence-corrected chi connectivity index (χ4v) is 2.87. The minimum atomic E-state index is -0.693. The number of aryl methyl sites for hydroxylation is 1. The molecular weight excluding hydrogens is 347 g/mol. The SMILES string of the molecule is COc1ccc(Nc2nc(N)c(F)c(-n3c(C)nc4ccccc43)n2)cc1. The molecule has 0 unspecified atom stereocenters. The van der Waals surface area contributed by atoms with Gasteiger partial charge < -0.3 is 15.8 Å². The Kier molecular flexibility index (Phi) is 4.08. The van der Waals surface area contributed by atoms with Crippen molar-refractivity contribution in [1.82, 2.24) is 19.5 Å². The lowest BCUT2D eigenvalue weighted by molar-refractivity contribution is 0.415. The minimum absolute atomic E-state index is 0.0460. The Morgan fingerprint density at radius 1 is 1.04 bits per heavy atom. The number of nitrogens with zero attached hydrogens (tertiary/aromatic N) is 4. The van der Waals surface area contributed by atoms with Crippen molar-refractivity contribution in [2.45, 2.75) is 6.92 Å². The monoisotopic (exact) mass is 364 g/mol. The molecule has 8 heteroatoms. The van der Waals surface area contributed by atoms with E-state index >= 15 is 0 Å². The molecule has 0 aliphatic carbocycles. The van der Waals surface area contributed by atoms with E-state index in [9.17, 15) is 4.39 Å². The maximum absolute atomic E-state index is 14.7. The zero-order valence-electron chi connectivity index (χ0n) is 14.8. The van der Waals surface area contributed by atoms with Gasteiger partial charge in [0.15, 0.2) is 11.6 Å². The minimum Gasteiger partial charge on any atom is -0.497 e. The molecule has 7 nitrogen and oxygen atoms in total. The Morgan fingerprint density at radius 3 is 2.52 bits per heavy atom. The molecule has 4 rings (SSSR count). The molecule has 27 heavy (non-hydrogen) atoms. The van der Waals surface area contributed by atoms with Crippen LogP contribution in [0.5, 0.6) is 5.75 Å². The van der Waals surface area contributed by atoms with Crippen LogP contribution >= 0.6 is 0 Å². The average molecular weight is 364 g/mol. The summed E-state index contributed by atoms with van der Waals surface area (Å²) in [6.45, 7) is 1.79. The fourth-order valence-electron chi connectivity index (χ4n) is 2.87. The summed E-state index contributed by atoms with van der Waals surface area (Å²) >= 11 is 0. The number of nitrogens with one attached hydrogen (secondary N) is 1. The van der Waals surface area contributed by atoms with Gasteiger partial charge in [0, 0.05) is 5.69 Å². The Morgan fingerprint density at radius 2 is 1.78 bits per heavy atom. The number of anilines is 3. The summed E-state index contributed by atoms with van der Waals surface area (Å²) in [6, 6.07) is 14.6. The molecule has 0 fully saturated rings. The first kappa shape index (κ1) is 16.8. The van der Waals surface area contributed by atoms with Crippen LogP contribution in [0.1, 0.15) is 5.82 Å². The van der Waals surface area contributed by atoms with Crippen molar-refractivity contribution in [2.75, 3.05) is 18.2 Å². The van der Waals surface area contributed by atoms with Crippen LogP contribution in [-0.4, -0.2) is 26.6 Å². The van der Waals surface area contributed by atoms with Gasteiger partial charge in [-0.25, -0.2) is 4.98 Å². The summed E-state index contributed by atoms with van der Waals surface area (Å²) in [5, 5.41) is 3.03. The molecular formula is C19H17FN6O. The number of nitrogens with two attached hydrogens (primary N) is 1. The highest BCUT2D eigenvalue weighted by atomic mass is 19.1. The molecule has 0 radical (unpaired) electrons. The molecule has 0 aliphatic heterocycles. The van der Waals surface area contributed by atoms with E-state index in [-0.39, 0.29) is 17.6 Å². The second-order valence-corrected chi connectivity index (χ2v) is 5.91. The molecule has 2 heterocycles. The summed E-state index contributed by atoms with van der Waals surface area (Å²) in [5.41, 5.74) is 8.01. The summed E-state index contributed by atoms with van der Waals surface area (Å²) in [5.74, 6) is 0.621. The molecule has 0 amide bonds. The molecule has 0 aliphatic rings. The summed E-state index contributed by atoms with van der Waals surface area (Å²) < 4.78 is 21.5. The summed E-state index contributed by atoms with van der Waals surface area (Å²) in [7, 11) is 1.59. The van der Waals surface area contributed by atoms with E-state index in [2.05, 4.69) is 20.3 Å². The molecule has 0 atom stereocenters. The van der Waals surface area contributed by atoms with Gasteiger partial charge in [-0.15, -0.1) is 0 Å². The van der Waals surface area contributed by atoms with Crippen LogP contribution in [0.25, 0.3) is 16.9 Å². The average Bonchev–Trinajstić information content (AvgIpc) is 3.01. The first-order valence-corrected chi connectivity index (χ1v) is 8.25. The van der Waals surface area contributed by atoms with Gasteiger partial charge in [0.25, 0.3) is 0 Å². The summed E-state index contributed by atoms with van der Waals surface area (Å²) in [6.07, 6.45) is 0. The Hall–Kier alpha value is -3.68. The second-order valence-electron chi connectivity index (χ2n) is 5.91. The quantitative estimate of drug-likeness (QED) is 0.575. The number of para-hydroxylation sites is 2. The third-order valence-electron chi connectivity index (χ3n) is 4.15. The third-order valence-corrected chi connectivity index (χ3v) is 4.15. The van der Waals surface area contributed by atoms with E-state index in [1.54, 1.807) is 42.9 Å². The molecule has 0 bridgehead atoms. The van der Waals surface area contributed by atoms with Crippen LogP contribution in [0.3, 0.4) is 0 Å². The largest absolute Gasteiger partial charge is 0.497 e. The number of fused-ring (bicyclic) bond motifs is 1. The summed E-state index contributed by atoms with van der Waals surface area (Å²) in [4.78, 5) is 12.8. The van der Waals surface area contributed by atoms with Gasteiger partial charge in [0.1, 0.15) is 11.6 Å². The topological polar surface area (TPSA) is 90.9 Å². The van der Waals surface area contributed by atoms with E-state index in [1.165, 1.54) is 0 Å². The van der Waals surface area contributed by atoms with Crippen molar-refractivity contribution in [3.8, 4) is 11.6 Å². The highest BCUT2D eigenvalue weighted by molar-refractivity contribution is 5.78. The Balaban J connectivity index is 1.80. The standard InChI is InChI=1S/C19H17FN6O/c1-11-22-14-5-3-4-6-15(14)26(11)18-16(20)17(21)24-19(25-18)23-12-7-9-13(27-2)10-8-12/h3-10H,1-2H3,(H3,21,23,24,25). The number of hydrogen-bond acceptors (Lipinski definition) is 6. The van der Waals surface area contributed by atoms with E-state index in [1.807, 2.05) is 24.3 Å². The van der Waals surface area contributed by atoms with Crippen LogP contribution < -0.4 is 15.8 Å². The van der Waals surface area contributed by atoms with Crippen LogP contribution in [0, 0.1) is 12.7 Å². The van der Waals surface area contributed by atoms with E-state index < -0.39 is 5.82 Å². The molecule has 0 saturated carbocycles. The Labute approximate surface area is 154 Å². The van der Waals surface area contributed by atoms with Gasteiger partial charge in [-0.3, -0.25) is 4.57 Å². The molecule has 4 aromatic rings. The van der Waals surface area contributed by atoms with E-state index in [4.69, 9.17) is 10.5 Å². The maximum Gasteiger partial charge on any atom is 0.231 e. The zero-order valence-corrected chi connectivity index (χ0v) is 14.8. The van der Waals surface area contributed by atoms with Gasteiger partial charge >= 0.3 is 0 Å². The van der Waals surface area contributed by atoms with Crippen LogP contribution in [0.2, 0.25) is 0 Å². The first-order valence-electron chi connectivity index (χ1n) is 8.25. The number of methoxy groups -OCH3 is 1. The lowest BCUT2D eigenvalue weighted by Crippen LogP contribution is -2.10. The molecule has 2 aromatic carbocycles. The second kappa shape index (κ2) is 6.56. The number of halogens is 1. The van der Waals surface area contributed by atoms with Gasteiger partial charge in [0.2, 0.25) is 11.8 Å². The fraction of sp³-hybridized carbons (Fsp3) is 0.105. The highest BCUT2D eigenvalue weighted by Gasteiger charge is 2.18. The van der Waals surface area contributed by atoms with Crippen molar-refractivity contribution in [3.63, 3.8) is 0 Å². The maximum atomic E-state index is 14.7. The molecule has 2 aromatic heterocycles. The number of nitrogen functional groups attached to an aromatic ring is 1. The van der Waals surface area contributed by atoms with Crippen LogP contribution in [0.4, 0.5) is 21.8 Å². The van der Waals surface area contributed by atoms with Crippen molar-refractivity contribution >= 4 is 28.5 Å². The number of imidazole rings is 1. The molecule has 0 saturated heterocycles. The Bertz CT molecular complexity index is 1120. The van der Waals surface area contributed by atoms with Crippen molar-refractivity contribution < 1.29 is 9.13 Å². The van der Waals surface area contributed by atoms with Crippen molar-refractivity contribution in [3.05, 3.63) is 60.2 Å². The zero-order chi connectivity index (χ0) is 19.0. The van der Waals surface area contributed by atoms with Crippen molar-refractivity contribution in [1.29, 1.82) is 0 Å². The van der Waals surface area contributed by atoms with Crippen molar-refractivity contribution in [2.24, 2.45) is 0 Å². The lowest BCUT2D eigenvalue weighted by Gasteiger charge is -2.12. The number of ether oxygens (including phenoxy) is 1. The van der Waals surface area contributed by atoms with Crippen LogP contribution in [-0.2, 0) is 0 Å². The molecule has 3 N–H and O–H groups in total. The van der Waals surface area contributed by atoms with Gasteiger partial charge in [-0.2, -0.15) is 14.4 Å². The number of rotatable bonds is 4. The van der Waals surface area contributed by atoms with E-state index in [0.717, 1.165) is 22.5 Å². The smallest absolute Gasteiger partial charge is 0.231 e. The third kappa shape index (κ3) is 3.01. The van der Waals surface area contributed by atoms with Crippen LogP contribution in [0.15, 0.2) is 48.5 Å². The number of benzene rings is 2. The highest BCUT2D eigenvalue weighted by Crippen LogP contribution is 2.26. The van der Waals surface area contributed by atoms with Gasteiger partial charge in [-0.1, -0.05) is 12.1 Å².